The average Bonchev–Trinajstić information content (AvgIpc) is 3.34. The van der Waals surface area contributed by atoms with E-state index in [1.165, 1.54) is 21.8 Å². The first kappa shape index (κ1) is 26.2. The van der Waals surface area contributed by atoms with Gasteiger partial charge in [-0.1, -0.05) is 41.5 Å². The van der Waals surface area contributed by atoms with Crippen LogP contribution in [0.1, 0.15) is 47.2 Å². The molecule has 0 spiro atoms. The van der Waals surface area contributed by atoms with Crippen LogP contribution in [0.5, 0.6) is 0 Å². The molecule has 5 heteroatoms. The predicted molar refractivity (Wildman–Crippen MR) is 130 cm³/mol. The highest BCUT2D eigenvalue weighted by Gasteiger charge is 2.03. The van der Waals surface area contributed by atoms with Crippen LogP contribution in [0.4, 0.5) is 5.69 Å². The van der Waals surface area contributed by atoms with Crippen LogP contribution in [-0.2, 0) is 14.1 Å². The maximum atomic E-state index is 4.21. The maximum Gasteiger partial charge on any atom is 0.0613 e. The van der Waals surface area contributed by atoms with Crippen molar-refractivity contribution < 1.29 is 0 Å². The summed E-state index contributed by atoms with van der Waals surface area (Å²) in [6, 6.07) is 6.14. The molecule has 0 fully saturated rings. The molecule has 0 aliphatic heterocycles. The SMILES string of the molecule is CC.CC.CC.CNc1cn(C)c2ccncc12.Cc1nccc2c1ccn2C. The number of nitrogens with zero attached hydrogens (tertiary/aromatic N) is 4. The summed E-state index contributed by atoms with van der Waals surface area (Å²) in [6.07, 6.45) is 9.65. The Morgan fingerprint density at radius 1 is 0.793 bits per heavy atom. The van der Waals surface area contributed by atoms with Gasteiger partial charge in [-0.15, -0.1) is 0 Å². The average molecular weight is 398 g/mol. The first-order valence-electron chi connectivity index (χ1n) is 10.5. The predicted octanol–water partition coefficient (Wildman–Crippen LogP) is 6.58. The van der Waals surface area contributed by atoms with Crippen molar-refractivity contribution in [3.63, 3.8) is 0 Å². The Balaban J connectivity index is 0.000000432. The topological polar surface area (TPSA) is 47.7 Å². The van der Waals surface area contributed by atoms with Crippen molar-refractivity contribution in [3.05, 3.63) is 54.9 Å². The Hall–Kier alpha value is -2.82. The number of rotatable bonds is 1. The van der Waals surface area contributed by atoms with E-state index in [-0.39, 0.29) is 0 Å². The van der Waals surface area contributed by atoms with Crippen LogP contribution in [0.3, 0.4) is 0 Å². The number of hydrogen-bond donors (Lipinski definition) is 1. The van der Waals surface area contributed by atoms with Gasteiger partial charge in [0, 0.05) is 68.6 Å². The molecule has 0 unspecified atom stereocenters. The molecular weight excluding hydrogens is 358 g/mol. The number of nitrogens with one attached hydrogen (secondary N) is 1. The molecule has 0 bridgehead atoms. The highest BCUT2D eigenvalue weighted by Crippen LogP contribution is 2.22. The van der Waals surface area contributed by atoms with E-state index in [0.29, 0.717) is 0 Å². The fourth-order valence-corrected chi connectivity index (χ4v) is 2.78. The molecule has 0 aliphatic rings. The van der Waals surface area contributed by atoms with Gasteiger partial charge in [-0.05, 0) is 25.1 Å². The van der Waals surface area contributed by atoms with E-state index >= 15 is 0 Å². The number of pyridine rings is 2. The lowest BCUT2D eigenvalue weighted by atomic mass is 10.2. The van der Waals surface area contributed by atoms with E-state index < -0.39 is 0 Å². The molecule has 4 heterocycles. The maximum absolute atomic E-state index is 4.21. The van der Waals surface area contributed by atoms with Crippen LogP contribution in [0.2, 0.25) is 0 Å². The van der Waals surface area contributed by atoms with Crippen LogP contribution in [0, 0.1) is 6.92 Å². The van der Waals surface area contributed by atoms with Gasteiger partial charge >= 0.3 is 0 Å². The van der Waals surface area contributed by atoms with Crippen molar-refractivity contribution in [1.29, 1.82) is 0 Å². The van der Waals surface area contributed by atoms with E-state index in [0.717, 1.165) is 11.4 Å². The van der Waals surface area contributed by atoms with Crippen molar-refractivity contribution >= 4 is 27.5 Å². The molecule has 1 N–H and O–H groups in total. The Bertz CT molecular complexity index is 950. The zero-order valence-electron chi connectivity index (χ0n) is 19.9. The van der Waals surface area contributed by atoms with E-state index in [9.17, 15) is 0 Å². The molecule has 160 valence electrons. The number of hydrogen-bond acceptors (Lipinski definition) is 3. The molecular formula is C24H39N5. The summed E-state index contributed by atoms with van der Waals surface area (Å²) in [5, 5.41) is 5.54. The van der Waals surface area contributed by atoms with Crippen molar-refractivity contribution in [1.82, 2.24) is 19.1 Å². The van der Waals surface area contributed by atoms with Crippen LogP contribution in [0.25, 0.3) is 21.8 Å². The summed E-state index contributed by atoms with van der Waals surface area (Å²) >= 11 is 0. The van der Waals surface area contributed by atoms with Crippen molar-refractivity contribution in [2.45, 2.75) is 48.5 Å². The second-order valence-electron chi connectivity index (χ2n) is 5.55. The fourth-order valence-electron chi connectivity index (χ4n) is 2.78. The van der Waals surface area contributed by atoms with E-state index in [2.05, 4.69) is 42.9 Å². The summed E-state index contributed by atoms with van der Waals surface area (Å²) in [5.41, 5.74) is 4.68. The monoisotopic (exact) mass is 397 g/mol. The van der Waals surface area contributed by atoms with Crippen LogP contribution in [0.15, 0.2) is 49.2 Å². The van der Waals surface area contributed by atoms with Crippen LogP contribution >= 0.6 is 0 Å². The Kier molecular flexibility index (Phi) is 12.8. The molecule has 4 aromatic heterocycles. The second-order valence-corrected chi connectivity index (χ2v) is 5.55. The molecule has 0 aromatic carbocycles. The van der Waals surface area contributed by atoms with Crippen molar-refractivity contribution in [2.75, 3.05) is 12.4 Å². The first-order chi connectivity index (χ1) is 14.1. The van der Waals surface area contributed by atoms with E-state index in [4.69, 9.17) is 0 Å². The number of anilines is 1. The minimum absolute atomic E-state index is 1.10. The number of aryl methyl sites for hydroxylation is 3. The molecule has 0 aliphatic carbocycles. The lowest BCUT2D eigenvalue weighted by molar-refractivity contribution is 0.967. The van der Waals surface area contributed by atoms with Gasteiger partial charge in [0.2, 0.25) is 0 Å². The lowest BCUT2D eigenvalue weighted by Gasteiger charge is -1.96. The summed E-state index contributed by atoms with van der Waals surface area (Å²) < 4.78 is 4.19. The second kappa shape index (κ2) is 14.2. The minimum Gasteiger partial charge on any atom is -0.386 e. The summed E-state index contributed by atoms with van der Waals surface area (Å²) in [6.45, 7) is 14.0. The van der Waals surface area contributed by atoms with Crippen molar-refractivity contribution in [2.24, 2.45) is 14.1 Å². The normalized spacial score (nSPS) is 9.03. The summed E-state index contributed by atoms with van der Waals surface area (Å²) in [5.74, 6) is 0. The standard InChI is InChI=1S/C9H11N3.C9H10N2.3C2H6/c1-10-8-6-12(2)9-3-4-11-5-7(8)9;1-7-8-4-6-11(2)9(8)3-5-10-7;3*1-2/h3-6,10H,1-2H3;3-6H,1-2H3;3*1-2H3. The Morgan fingerprint density at radius 2 is 1.38 bits per heavy atom. The lowest BCUT2D eigenvalue weighted by Crippen LogP contribution is -1.85. The van der Waals surface area contributed by atoms with Crippen molar-refractivity contribution in [3.8, 4) is 0 Å². The quantitative estimate of drug-likeness (QED) is 0.395. The highest BCUT2D eigenvalue weighted by atomic mass is 15.0. The number of aromatic nitrogens is 4. The fraction of sp³-hybridized carbons (Fsp3) is 0.417. The van der Waals surface area contributed by atoms with Crippen LogP contribution < -0.4 is 5.32 Å². The molecule has 0 atom stereocenters. The molecule has 5 nitrogen and oxygen atoms in total. The molecule has 0 saturated carbocycles. The minimum atomic E-state index is 1.10. The molecule has 0 radical (unpaired) electrons. The van der Waals surface area contributed by atoms with Gasteiger partial charge < -0.3 is 14.5 Å². The van der Waals surface area contributed by atoms with Crippen LogP contribution in [-0.4, -0.2) is 26.1 Å². The molecule has 0 saturated heterocycles. The van der Waals surface area contributed by atoms with Gasteiger partial charge in [0.25, 0.3) is 0 Å². The van der Waals surface area contributed by atoms with E-state index in [1.807, 2.05) is 100 Å². The zero-order valence-corrected chi connectivity index (χ0v) is 19.9. The van der Waals surface area contributed by atoms with E-state index in [1.54, 1.807) is 0 Å². The summed E-state index contributed by atoms with van der Waals surface area (Å²) in [7, 11) is 5.99. The van der Waals surface area contributed by atoms with Gasteiger partial charge in [0.05, 0.1) is 16.7 Å². The van der Waals surface area contributed by atoms with Gasteiger partial charge in [-0.25, -0.2) is 0 Å². The summed E-state index contributed by atoms with van der Waals surface area (Å²) in [4.78, 5) is 8.29. The van der Waals surface area contributed by atoms with Gasteiger partial charge in [0.1, 0.15) is 0 Å². The highest BCUT2D eigenvalue weighted by molar-refractivity contribution is 5.92. The molecule has 4 rings (SSSR count). The van der Waals surface area contributed by atoms with Gasteiger partial charge in [-0.2, -0.15) is 0 Å². The van der Waals surface area contributed by atoms with Gasteiger partial charge in [-0.3, -0.25) is 9.97 Å². The number of fused-ring (bicyclic) bond motifs is 2. The zero-order chi connectivity index (χ0) is 22.4. The van der Waals surface area contributed by atoms with Gasteiger partial charge in [0.15, 0.2) is 0 Å². The Labute approximate surface area is 176 Å². The first-order valence-corrected chi connectivity index (χ1v) is 10.5. The molecule has 4 aromatic rings. The largest absolute Gasteiger partial charge is 0.386 e. The third-order valence-corrected chi connectivity index (χ3v) is 4.07. The molecule has 29 heavy (non-hydrogen) atoms. The third-order valence-electron chi connectivity index (χ3n) is 4.07. The smallest absolute Gasteiger partial charge is 0.0613 e. The third kappa shape index (κ3) is 6.63. The molecule has 0 amide bonds. The Morgan fingerprint density at radius 3 is 1.97 bits per heavy atom.